The Morgan fingerprint density at radius 2 is 1.94 bits per heavy atom. The Bertz CT molecular complexity index is 1130. The number of thioether (sulfide) groups is 1. The number of benzene rings is 2. The minimum atomic E-state index is -0.496. The smallest absolute Gasteiger partial charge is 0.248 e. The maximum Gasteiger partial charge on any atom is 0.248 e. The van der Waals surface area contributed by atoms with Crippen LogP contribution in [0.15, 0.2) is 65.0 Å². The summed E-state index contributed by atoms with van der Waals surface area (Å²) in [7, 11) is 0. The van der Waals surface area contributed by atoms with Crippen LogP contribution in [-0.2, 0) is 11.4 Å². The number of halogens is 1. The predicted octanol–water partition coefficient (Wildman–Crippen LogP) is 4.40. The molecule has 0 spiro atoms. The van der Waals surface area contributed by atoms with Gasteiger partial charge in [-0.15, -0.1) is 5.10 Å². The van der Waals surface area contributed by atoms with Gasteiger partial charge in [0, 0.05) is 10.7 Å². The summed E-state index contributed by atoms with van der Waals surface area (Å²) in [5.41, 5.74) is 8.75. The van der Waals surface area contributed by atoms with Gasteiger partial charge in [0.15, 0.2) is 0 Å². The molecule has 3 N–H and O–H groups in total. The molecule has 4 rings (SSSR count). The Morgan fingerprint density at radius 3 is 2.58 bits per heavy atom. The van der Waals surface area contributed by atoms with Crippen LogP contribution >= 0.6 is 23.4 Å². The Labute approximate surface area is 189 Å². The van der Waals surface area contributed by atoms with Crippen LogP contribution in [0, 0.1) is 0 Å². The van der Waals surface area contributed by atoms with Crippen molar-refractivity contribution in [3.63, 3.8) is 0 Å². The number of amides is 1. The first kappa shape index (κ1) is 21.3. The van der Waals surface area contributed by atoms with Crippen LogP contribution in [0.3, 0.4) is 0 Å². The molecule has 7 nitrogen and oxygen atoms in total. The lowest BCUT2D eigenvalue weighted by Crippen LogP contribution is -2.31. The molecule has 0 aliphatic carbocycles. The third-order valence-corrected chi connectivity index (χ3v) is 5.86. The molecule has 1 aliphatic rings. The fraction of sp³-hybridized carbons (Fsp3) is 0.227. The highest BCUT2D eigenvalue weighted by atomic mass is 35.5. The first-order valence-electron chi connectivity index (χ1n) is 9.80. The van der Waals surface area contributed by atoms with E-state index in [1.54, 1.807) is 4.68 Å². The number of aromatic nitrogens is 3. The molecule has 0 saturated carbocycles. The zero-order valence-electron chi connectivity index (χ0n) is 17.1. The van der Waals surface area contributed by atoms with Crippen molar-refractivity contribution in [2.24, 2.45) is 5.73 Å². The third kappa shape index (κ3) is 4.55. The zero-order chi connectivity index (χ0) is 22.0. The highest BCUT2D eigenvalue weighted by Crippen LogP contribution is 2.36. The molecule has 2 aromatic carbocycles. The van der Waals surface area contributed by atoms with Crippen molar-refractivity contribution in [2.45, 2.75) is 31.7 Å². The van der Waals surface area contributed by atoms with Gasteiger partial charge in [-0.1, -0.05) is 54.6 Å². The van der Waals surface area contributed by atoms with E-state index in [0.29, 0.717) is 34.0 Å². The lowest BCUT2D eigenvalue weighted by Gasteiger charge is -2.27. The molecule has 0 bridgehead atoms. The van der Waals surface area contributed by atoms with E-state index in [0.717, 1.165) is 22.6 Å². The number of carbonyl (C=O) groups is 1. The molecule has 0 fully saturated rings. The topological polar surface area (TPSA) is 95.1 Å². The minimum absolute atomic E-state index is 0.431. The number of nitrogens with zero attached hydrogens (tertiary/aromatic N) is 3. The molecule has 1 atom stereocenters. The Hall–Kier alpha value is -2.97. The molecule has 2 heterocycles. The van der Waals surface area contributed by atoms with Gasteiger partial charge >= 0.3 is 0 Å². The van der Waals surface area contributed by atoms with Gasteiger partial charge in [-0.25, -0.2) is 4.68 Å². The summed E-state index contributed by atoms with van der Waals surface area (Å²) in [6.07, 6.45) is 0. The largest absolute Gasteiger partial charge is 0.489 e. The number of anilines is 1. The van der Waals surface area contributed by atoms with Crippen LogP contribution in [0.25, 0.3) is 0 Å². The minimum Gasteiger partial charge on any atom is -0.489 e. The van der Waals surface area contributed by atoms with Crippen molar-refractivity contribution in [2.75, 3.05) is 11.1 Å². The Kier molecular flexibility index (Phi) is 6.20. The molecule has 0 saturated heterocycles. The van der Waals surface area contributed by atoms with Crippen molar-refractivity contribution in [3.8, 4) is 5.75 Å². The monoisotopic (exact) mass is 455 g/mol. The van der Waals surface area contributed by atoms with Gasteiger partial charge in [-0.3, -0.25) is 4.79 Å². The van der Waals surface area contributed by atoms with E-state index in [-0.39, 0.29) is 0 Å². The first-order valence-corrected chi connectivity index (χ1v) is 11.2. The molecule has 0 radical (unpaired) electrons. The molecular weight excluding hydrogens is 434 g/mol. The number of hydrogen-bond acceptors (Lipinski definition) is 6. The molecule has 31 heavy (non-hydrogen) atoms. The number of rotatable bonds is 7. The van der Waals surface area contributed by atoms with E-state index in [2.05, 4.69) is 15.4 Å². The van der Waals surface area contributed by atoms with Gasteiger partial charge in [-0.05, 0) is 48.1 Å². The van der Waals surface area contributed by atoms with Crippen LogP contribution in [0.4, 0.5) is 5.95 Å². The summed E-state index contributed by atoms with van der Waals surface area (Å²) in [6, 6.07) is 14.6. The highest BCUT2D eigenvalue weighted by Gasteiger charge is 2.33. The second-order valence-electron chi connectivity index (χ2n) is 7.01. The summed E-state index contributed by atoms with van der Waals surface area (Å²) >= 11 is 7.46. The van der Waals surface area contributed by atoms with Crippen molar-refractivity contribution in [1.29, 1.82) is 0 Å². The number of nitrogens with two attached hydrogens (primary N) is 1. The molecule has 3 aromatic rings. The number of ether oxygens (including phenoxy) is 1. The predicted molar refractivity (Wildman–Crippen MR) is 122 cm³/mol. The van der Waals surface area contributed by atoms with Gasteiger partial charge in [-0.2, -0.15) is 4.98 Å². The van der Waals surface area contributed by atoms with E-state index in [1.165, 1.54) is 11.8 Å². The number of hydrogen-bond donors (Lipinski definition) is 2. The summed E-state index contributed by atoms with van der Waals surface area (Å²) in [5, 5.41) is 9.08. The highest BCUT2D eigenvalue weighted by molar-refractivity contribution is 7.99. The molecule has 160 valence electrons. The molecular formula is C22H22ClN5O2S. The SMILES string of the molecule is CCSc1nc2n(n1)C(c1ccc(OCc3ccc(Cl)cc3)cc1)C(C(N)=O)=C(C)N2. The molecule has 1 aliphatic heterocycles. The van der Waals surface area contributed by atoms with Crippen molar-refractivity contribution < 1.29 is 9.53 Å². The van der Waals surface area contributed by atoms with E-state index in [9.17, 15) is 4.79 Å². The summed E-state index contributed by atoms with van der Waals surface area (Å²) in [5.74, 6) is 1.66. The quantitative estimate of drug-likeness (QED) is 0.513. The van der Waals surface area contributed by atoms with Crippen LogP contribution in [0.5, 0.6) is 5.75 Å². The normalized spacial score (nSPS) is 15.4. The maximum atomic E-state index is 12.3. The van der Waals surface area contributed by atoms with Crippen LogP contribution in [0.1, 0.15) is 31.0 Å². The number of carbonyl (C=O) groups excluding carboxylic acids is 1. The molecule has 9 heteroatoms. The molecule has 1 aromatic heterocycles. The molecule has 1 unspecified atom stereocenters. The van der Waals surface area contributed by atoms with Crippen molar-refractivity contribution in [3.05, 3.63) is 76.0 Å². The van der Waals surface area contributed by atoms with Gasteiger partial charge < -0.3 is 15.8 Å². The Morgan fingerprint density at radius 1 is 1.23 bits per heavy atom. The average Bonchev–Trinajstić information content (AvgIpc) is 3.14. The van der Waals surface area contributed by atoms with E-state index in [1.807, 2.05) is 62.4 Å². The lowest BCUT2D eigenvalue weighted by atomic mass is 9.95. The average molecular weight is 456 g/mol. The zero-order valence-corrected chi connectivity index (χ0v) is 18.7. The van der Waals surface area contributed by atoms with Crippen molar-refractivity contribution >= 4 is 35.2 Å². The number of primary amides is 1. The van der Waals surface area contributed by atoms with E-state index >= 15 is 0 Å². The van der Waals surface area contributed by atoms with Gasteiger partial charge in [0.1, 0.15) is 18.4 Å². The summed E-state index contributed by atoms with van der Waals surface area (Å²) in [6.45, 7) is 4.29. The van der Waals surface area contributed by atoms with Crippen LogP contribution in [0.2, 0.25) is 5.02 Å². The second kappa shape index (κ2) is 9.03. The van der Waals surface area contributed by atoms with Gasteiger partial charge in [0.05, 0.1) is 5.57 Å². The second-order valence-corrected chi connectivity index (χ2v) is 8.68. The third-order valence-electron chi connectivity index (χ3n) is 4.89. The van der Waals surface area contributed by atoms with Crippen molar-refractivity contribution in [1.82, 2.24) is 14.8 Å². The fourth-order valence-electron chi connectivity index (χ4n) is 3.44. The summed E-state index contributed by atoms with van der Waals surface area (Å²) in [4.78, 5) is 16.8. The number of allylic oxidation sites excluding steroid dienone is 1. The van der Waals surface area contributed by atoms with Gasteiger partial charge in [0.2, 0.25) is 17.0 Å². The molecule has 1 amide bonds. The van der Waals surface area contributed by atoms with Crippen LogP contribution < -0.4 is 15.8 Å². The van der Waals surface area contributed by atoms with Gasteiger partial charge in [0.25, 0.3) is 0 Å². The number of nitrogens with one attached hydrogen (secondary N) is 1. The van der Waals surface area contributed by atoms with E-state index < -0.39 is 11.9 Å². The standard InChI is InChI=1S/C22H22ClN5O2S/c1-3-31-22-26-21-25-13(2)18(20(24)29)19(28(21)27-22)15-6-10-17(11-7-15)30-12-14-4-8-16(23)9-5-14/h4-11,19H,3,12H2,1-2H3,(H2,24,29)(H,25,26,27). The van der Waals surface area contributed by atoms with Crippen LogP contribution in [-0.4, -0.2) is 26.4 Å². The lowest BCUT2D eigenvalue weighted by molar-refractivity contribution is -0.115. The maximum absolute atomic E-state index is 12.3. The summed E-state index contributed by atoms with van der Waals surface area (Å²) < 4.78 is 7.59. The Balaban J connectivity index is 1.60. The fourth-order valence-corrected chi connectivity index (χ4v) is 4.12. The van der Waals surface area contributed by atoms with E-state index in [4.69, 9.17) is 22.1 Å². The first-order chi connectivity index (χ1) is 15.0. The number of fused-ring (bicyclic) bond motifs is 1.